The van der Waals surface area contributed by atoms with Crippen molar-refractivity contribution < 1.29 is 9.59 Å². The first kappa shape index (κ1) is 17.3. The van der Waals surface area contributed by atoms with Crippen LogP contribution in [0.2, 0.25) is 0 Å². The topological polar surface area (TPSA) is 49.4 Å². The zero-order valence-corrected chi connectivity index (χ0v) is 15.6. The Morgan fingerprint density at radius 1 is 1.08 bits per heavy atom. The number of benzene rings is 1. The van der Waals surface area contributed by atoms with Crippen molar-refractivity contribution in [2.45, 2.75) is 31.7 Å². The largest absolute Gasteiger partial charge is 0.349 e. The van der Waals surface area contributed by atoms with Crippen LogP contribution in [0.25, 0.3) is 0 Å². The van der Waals surface area contributed by atoms with E-state index < -0.39 is 0 Å². The fourth-order valence-electron chi connectivity index (χ4n) is 3.77. The van der Waals surface area contributed by atoms with Crippen LogP contribution in [0.1, 0.15) is 47.0 Å². The molecule has 0 radical (unpaired) electrons. The molecule has 2 aromatic rings. The fraction of sp³-hybridized carbons (Fsp3) is 0.429. The molecule has 2 atom stereocenters. The number of amides is 2. The van der Waals surface area contributed by atoms with Crippen molar-refractivity contribution in [3.8, 4) is 0 Å². The Bertz CT molecular complexity index is 756. The van der Waals surface area contributed by atoms with Crippen molar-refractivity contribution in [1.29, 1.82) is 0 Å². The van der Waals surface area contributed by atoms with Crippen LogP contribution in [0, 0.1) is 11.8 Å². The molecule has 1 aromatic heterocycles. The molecule has 1 saturated heterocycles. The second-order valence-corrected chi connectivity index (χ2v) is 8.25. The van der Waals surface area contributed by atoms with Crippen molar-refractivity contribution in [3.05, 3.63) is 58.3 Å². The third kappa shape index (κ3) is 3.83. The van der Waals surface area contributed by atoms with Gasteiger partial charge in [-0.2, -0.15) is 0 Å². The SMILES string of the molecule is O=C(NC(c1ccccc1)C1CC1)C1CCCN(C(=O)c2cccs2)C1. The average Bonchev–Trinajstić information content (AvgIpc) is 3.39. The Hall–Kier alpha value is -2.14. The van der Waals surface area contributed by atoms with Crippen LogP contribution in [0.3, 0.4) is 0 Å². The van der Waals surface area contributed by atoms with Crippen LogP contribution in [0.15, 0.2) is 47.8 Å². The average molecular weight is 369 g/mol. The highest BCUT2D eigenvalue weighted by Gasteiger charge is 2.36. The van der Waals surface area contributed by atoms with Gasteiger partial charge in [-0.3, -0.25) is 9.59 Å². The molecule has 5 heteroatoms. The lowest BCUT2D eigenvalue weighted by atomic mass is 9.95. The zero-order chi connectivity index (χ0) is 17.9. The highest BCUT2D eigenvalue weighted by molar-refractivity contribution is 7.12. The highest BCUT2D eigenvalue weighted by Crippen LogP contribution is 2.41. The number of hydrogen-bond donors (Lipinski definition) is 1. The van der Waals surface area contributed by atoms with E-state index in [0.717, 1.165) is 24.3 Å². The Kier molecular flexibility index (Phi) is 5.07. The van der Waals surface area contributed by atoms with Gasteiger partial charge in [0.1, 0.15) is 0 Å². The Balaban J connectivity index is 1.41. The number of rotatable bonds is 5. The summed E-state index contributed by atoms with van der Waals surface area (Å²) in [5.74, 6) is 0.583. The van der Waals surface area contributed by atoms with Gasteiger partial charge in [0, 0.05) is 13.1 Å². The van der Waals surface area contributed by atoms with Crippen molar-refractivity contribution >= 4 is 23.2 Å². The molecule has 2 aliphatic rings. The van der Waals surface area contributed by atoms with Gasteiger partial charge >= 0.3 is 0 Å². The van der Waals surface area contributed by atoms with Gasteiger partial charge in [-0.05, 0) is 48.6 Å². The maximum absolute atomic E-state index is 12.9. The van der Waals surface area contributed by atoms with Crippen LogP contribution < -0.4 is 5.32 Å². The van der Waals surface area contributed by atoms with Gasteiger partial charge in [0.05, 0.1) is 16.8 Å². The second kappa shape index (κ2) is 7.62. The standard InChI is InChI=1S/C21H24N2O2S/c24-20(22-19(16-10-11-16)15-6-2-1-3-7-15)17-8-4-12-23(14-17)21(25)18-9-5-13-26-18/h1-3,5-7,9,13,16-17,19H,4,8,10-12,14H2,(H,22,24). The molecule has 136 valence electrons. The normalized spacial score (nSPS) is 21.2. The van der Waals surface area contributed by atoms with Crippen LogP contribution in [0.4, 0.5) is 0 Å². The first-order valence-electron chi connectivity index (χ1n) is 9.40. The fourth-order valence-corrected chi connectivity index (χ4v) is 4.46. The highest BCUT2D eigenvalue weighted by atomic mass is 32.1. The quantitative estimate of drug-likeness (QED) is 0.871. The minimum Gasteiger partial charge on any atom is -0.349 e. The molecule has 0 bridgehead atoms. The first-order valence-corrected chi connectivity index (χ1v) is 10.3. The van der Waals surface area contributed by atoms with Crippen LogP contribution in [-0.4, -0.2) is 29.8 Å². The molecule has 0 spiro atoms. The lowest BCUT2D eigenvalue weighted by molar-refractivity contribution is -0.127. The van der Waals surface area contributed by atoms with E-state index in [-0.39, 0.29) is 23.8 Å². The van der Waals surface area contributed by atoms with Gasteiger partial charge in [0.2, 0.25) is 5.91 Å². The Morgan fingerprint density at radius 2 is 1.88 bits per heavy atom. The number of nitrogens with zero attached hydrogens (tertiary/aromatic N) is 1. The lowest BCUT2D eigenvalue weighted by Crippen LogP contribution is -2.46. The van der Waals surface area contributed by atoms with E-state index in [0.29, 0.717) is 12.5 Å². The number of hydrogen-bond acceptors (Lipinski definition) is 3. The van der Waals surface area contributed by atoms with E-state index in [2.05, 4.69) is 17.4 Å². The molecule has 1 saturated carbocycles. The third-order valence-corrected chi connectivity index (χ3v) is 6.22. The summed E-state index contributed by atoms with van der Waals surface area (Å²) < 4.78 is 0. The first-order chi connectivity index (χ1) is 12.7. The summed E-state index contributed by atoms with van der Waals surface area (Å²) in [6.07, 6.45) is 4.09. The van der Waals surface area contributed by atoms with Crippen molar-refractivity contribution in [2.75, 3.05) is 13.1 Å². The molecule has 4 rings (SSSR count). The predicted molar refractivity (Wildman–Crippen MR) is 103 cm³/mol. The third-order valence-electron chi connectivity index (χ3n) is 5.36. The second-order valence-electron chi connectivity index (χ2n) is 7.30. The van der Waals surface area contributed by atoms with Gasteiger partial charge in [-0.15, -0.1) is 11.3 Å². The summed E-state index contributed by atoms with van der Waals surface area (Å²) in [7, 11) is 0. The van der Waals surface area contributed by atoms with E-state index in [1.807, 2.05) is 40.6 Å². The van der Waals surface area contributed by atoms with E-state index in [4.69, 9.17) is 0 Å². The maximum Gasteiger partial charge on any atom is 0.263 e. The number of thiophene rings is 1. The van der Waals surface area contributed by atoms with Gasteiger partial charge in [0.25, 0.3) is 5.91 Å². The van der Waals surface area contributed by atoms with Gasteiger partial charge < -0.3 is 10.2 Å². The van der Waals surface area contributed by atoms with Crippen LogP contribution in [-0.2, 0) is 4.79 Å². The molecule has 26 heavy (non-hydrogen) atoms. The minimum atomic E-state index is -0.113. The number of carbonyl (C=O) groups excluding carboxylic acids is 2. The van der Waals surface area contributed by atoms with Crippen molar-refractivity contribution in [3.63, 3.8) is 0 Å². The summed E-state index contributed by atoms with van der Waals surface area (Å²) in [5.41, 5.74) is 1.19. The molecule has 1 N–H and O–H groups in total. The van der Waals surface area contributed by atoms with E-state index >= 15 is 0 Å². The number of carbonyl (C=O) groups is 2. The van der Waals surface area contributed by atoms with Crippen molar-refractivity contribution in [1.82, 2.24) is 10.2 Å². The number of piperidine rings is 1. The summed E-state index contributed by atoms with van der Waals surface area (Å²) >= 11 is 1.46. The van der Waals surface area contributed by atoms with Gasteiger partial charge in [-0.25, -0.2) is 0 Å². The Labute approximate surface area is 158 Å². The van der Waals surface area contributed by atoms with E-state index in [1.54, 1.807) is 0 Å². The zero-order valence-electron chi connectivity index (χ0n) is 14.8. The van der Waals surface area contributed by atoms with Crippen LogP contribution in [0.5, 0.6) is 0 Å². The molecule has 1 aliphatic carbocycles. The molecule has 1 aliphatic heterocycles. The molecule has 4 nitrogen and oxygen atoms in total. The summed E-state index contributed by atoms with van der Waals surface area (Å²) in [6.45, 7) is 1.26. The minimum absolute atomic E-state index is 0.0549. The molecule has 2 heterocycles. The number of nitrogens with one attached hydrogen (secondary N) is 1. The molecular formula is C21H24N2O2S. The van der Waals surface area contributed by atoms with Crippen molar-refractivity contribution in [2.24, 2.45) is 11.8 Å². The van der Waals surface area contributed by atoms with Gasteiger partial charge in [-0.1, -0.05) is 36.4 Å². The molecule has 2 unspecified atom stereocenters. The number of likely N-dealkylation sites (tertiary alicyclic amines) is 1. The molecule has 2 fully saturated rings. The smallest absolute Gasteiger partial charge is 0.263 e. The van der Waals surface area contributed by atoms with Crippen LogP contribution >= 0.6 is 11.3 Å². The monoisotopic (exact) mass is 368 g/mol. The lowest BCUT2D eigenvalue weighted by Gasteiger charge is -2.33. The maximum atomic E-state index is 12.9. The summed E-state index contributed by atoms with van der Waals surface area (Å²) in [5, 5.41) is 5.20. The van der Waals surface area contributed by atoms with E-state index in [9.17, 15) is 9.59 Å². The Morgan fingerprint density at radius 3 is 2.58 bits per heavy atom. The summed E-state index contributed by atoms with van der Waals surface area (Å²) in [4.78, 5) is 28.1. The van der Waals surface area contributed by atoms with E-state index in [1.165, 1.54) is 29.7 Å². The molecule has 1 aromatic carbocycles. The molecular weight excluding hydrogens is 344 g/mol. The predicted octanol–water partition coefficient (Wildman–Crippen LogP) is 3.87. The molecule has 2 amide bonds. The summed E-state index contributed by atoms with van der Waals surface area (Å²) in [6, 6.07) is 14.1. The van der Waals surface area contributed by atoms with Gasteiger partial charge in [0.15, 0.2) is 0 Å².